The molecular formula is C27H49NO3. The number of rotatable bonds is 19. The van der Waals surface area contributed by atoms with Crippen LogP contribution in [-0.2, 0) is 4.79 Å². The van der Waals surface area contributed by atoms with Crippen molar-refractivity contribution in [3.63, 3.8) is 0 Å². The average molecular weight is 436 g/mol. The standard InChI is InChI=1S/C20H32O2.C7H17NO/c1-2-3-4-5-6-7-8-9-10-11-12-13-14-15-16-17-18-19-20(21)22;1-2-3-4-5-7(9)6-8/h6-7,9-10,12-13,15-16H,2-5,8,11,14,17-19H2,1H3,(H,21,22);7,9H,2-6,8H2,1H3/b7-6-,10-9-,13-12-,16-15-;. The second-order valence-electron chi connectivity index (χ2n) is 7.76. The molecule has 0 heterocycles. The number of carboxylic acid groups (broad SMARTS) is 1. The van der Waals surface area contributed by atoms with E-state index in [9.17, 15) is 4.79 Å². The Morgan fingerprint density at radius 2 is 1.19 bits per heavy atom. The van der Waals surface area contributed by atoms with Crippen LogP contribution in [-0.4, -0.2) is 28.8 Å². The van der Waals surface area contributed by atoms with Crippen LogP contribution in [0.15, 0.2) is 48.6 Å². The number of carboxylic acids is 1. The van der Waals surface area contributed by atoms with Crippen LogP contribution in [0.5, 0.6) is 0 Å². The molecule has 0 saturated heterocycles. The zero-order valence-electron chi connectivity index (χ0n) is 20.2. The lowest BCUT2D eigenvalue weighted by atomic mass is 10.1. The van der Waals surface area contributed by atoms with Gasteiger partial charge < -0.3 is 15.9 Å². The highest BCUT2D eigenvalue weighted by molar-refractivity contribution is 5.66. The third-order valence-electron chi connectivity index (χ3n) is 4.63. The van der Waals surface area contributed by atoms with Crippen molar-refractivity contribution in [2.24, 2.45) is 5.73 Å². The molecule has 0 saturated carbocycles. The second kappa shape index (κ2) is 28.4. The molecule has 4 heteroatoms. The topological polar surface area (TPSA) is 83.5 Å². The van der Waals surface area contributed by atoms with E-state index in [2.05, 4.69) is 62.5 Å². The normalized spacial score (nSPS) is 12.8. The quantitative estimate of drug-likeness (QED) is 0.149. The second-order valence-corrected chi connectivity index (χ2v) is 7.76. The molecule has 0 radical (unpaired) electrons. The van der Waals surface area contributed by atoms with Gasteiger partial charge in [-0.15, -0.1) is 0 Å². The zero-order valence-corrected chi connectivity index (χ0v) is 20.2. The zero-order chi connectivity index (χ0) is 23.4. The number of aliphatic hydroxyl groups excluding tert-OH is 1. The van der Waals surface area contributed by atoms with Gasteiger partial charge in [0.05, 0.1) is 6.10 Å². The molecule has 4 N–H and O–H groups in total. The number of hydrogen-bond donors (Lipinski definition) is 3. The van der Waals surface area contributed by atoms with Gasteiger partial charge in [0.2, 0.25) is 0 Å². The first kappa shape index (κ1) is 31.5. The lowest BCUT2D eigenvalue weighted by Gasteiger charge is -2.04. The summed E-state index contributed by atoms with van der Waals surface area (Å²) >= 11 is 0. The Morgan fingerprint density at radius 1 is 0.742 bits per heavy atom. The number of hydrogen-bond acceptors (Lipinski definition) is 3. The highest BCUT2D eigenvalue weighted by atomic mass is 16.4. The van der Waals surface area contributed by atoms with E-state index in [-0.39, 0.29) is 12.5 Å². The van der Waals surface area contributed by atoms with E-state index in [1.807, 2.05) is 0 Å². The first-order chi connectivity index (χ1) is 15.1. The molecule has 0 spiro atoms. The minimum Gasteiger partial charge on any atom is -0.481 e. The highest BCUT2D eigenvalue weighted by Gasteiger charge is 1.98. The first-order valence-corrected chi connectivity index (χ1v) is 12.3. The molecule has 1 unspecified atom stereocenters. The fraction of sp³-hybridized carbons (Fsp3) is 0.667. The van der Waals surface area contributed by atoms with Crippen molar-refractivity contribution in [1.29, 1.82) is 0 Å². The average Bonchev–Trinajstić information content (AvgIpc) is 2.76. The summed E-state index contributed by atoms with van der Waals surface area (Å²) in [6.45, 7) is 4.79. The molecule has 0 amide bonds. The van der Waals surface area contributed by atoms with Crippen molar-refractivity contribution < 1.29 is 15.0 Å². The van der Waals surface area contributed by atoms with Gasteiger partial charge in [-0.1, -0.05) is 94.6 Å². The van der Waals surface area contributed by atoms with E-state index in [0.29, 0.717) is 6.54 Å². The lowest BCUT2D eigenvalue weighted by molar-refractivity contribution is -0.137. The SMILES string of the molecule is CCCCC/C=C\C/C=C\C/C=C\C/C=C\CCCC(=O)O.CCCCCC(O)CN. The van der Waals surface area contributed by atoms with Crippen molar-refractivity contribution >= 4 is 5.97 Å². The molecule has 0 aromatic carbocycles. The predicted octanol–water partition coefficient (Wildman–Crippen LogP) is 7.10. The molecule has 0 aromatic heterocycles. The van der Waals surface area contributed by atoms with Gasteiger partial charge in [-0.2, -0.15) is 0 Å². The summed E-state index contributed by atoms with van der Waals surface area (Å²) in [5.41, 5.74) is 5.20. The first-order valence-electron chi connectivity index (χ1n) is 12.3. The van der Waals surface area contributed by atoms with Crippen LogP contribution < -0.4 is 5.73 Å². The molecule has 0 bridgehead atoms. The van der Waals surface area contributed by atoms with E-state index < -0.39 is 5.97 Å². The summed E-state index contributed by atoms with van der Waals surface area (Å²) in [7, 11) is 0. The molecule has 1 atom stereocenters. The number of unbranched alkanes of at least 4 members (excludes halogenated alkanes) is 6. The van der Waals surface area contributed by atoms with Crippen molar-refractivity contribution in [2.45, 2.75) is 110 Å². The summed E-state index contributed by atoms with van der Waals surface area (Å²) in [5, 5.41) is 17.5. The molecule has 0 rings (SSSR count). The van der Waals surface area contributed by atoms with Crippen LogP contribution in [0.3, 0.4) is 0 Å². The Hall–Kier alpha value is -1.65. The van der Waals surface area contributed by atoms with Gasteiger partial charge in [-0.3, -0.25) is 4.79 Å². The largest absolute Gasteiger partial charge is 0.481 e. The Kier molecular flexibility index (Phi) is 28.8. The van der Waals surface area contributed by atoms with Crippen molar-refractivity contribution in [3.8, 4) is 0 Å². The Morgan fingerprint density at radius 3 is 1.65 bits per heavy atom. The maximum atomic E-state index is 10.3. The van der Waals surface area contributed by atoms with Gasteiger partial charge in [0.25, 0.3) is 0 Å². The monoisotopic (exact) mass is 435 g/mol. The fourth-order valence-electron chi connectivity index (χ4n) is 2.68. The molecule has 31 heavy (non-hydrogen) atoms. The van der Waals surface area contributed by atoms with Crippen molar-refractivity contribution in [2.75, 3.05) is 6.54 Å². The van der Waals surface area contributed by atoms with Crippen LogP contribution in [0.2, 0.25) is 0 Å². The molecule has 0 aromatic rings. The van der Waals surface area contributed by atoms with E-state index in [1.165, 1.54) is 38.5 Å². The van der Waals surface area contributed by atoms with Gasteiger partial charge in [0.15, 0.2) is 0 Å². The molecule has 0 aliphatic rings. The molecule has 0 fully saturated rings. The summed E-state index contributed by atoms with van der Waals surface area (Å²) < 4.78 is 0. The van der Waals surface area contributed by atoms with Crippen LogP contribution in [0, 0.1) is 0 Å². The van der Waals surface area contributed by atoms with Gasteiger partial charge in [0, 0.05) is 13.0 Å². The van der Waals surface area contributed by atoms with Crippen LogP contribution in [0.25, 0.3) is 0 Å². The number of carbonyl (C=O) groups is 1. The van der Waals surface area contributed by atoms with Crippen molar-refractivity contribution in [3.05, 3.63) is 48.6 Å². The van der Waals surface area contributed by atoms with E-state index in [4.69, 9.17) is 15.9 Å². The highest BCUT2D eigenvalue weighted by Crippen LogP contribution is 2.02. The predicted molar refractivity (Wildman–Crippen MR) is 135 cm³/mol. The fourth-order valence-corrected chi connectivity index (χ4v) is 2.68. The lowest BCUT2D eigenvalue weighted by Crippen LogP contribution is -2.19. The van der Waals surface area contributed by atoms with Gasteiger partial charge in [-0.05, 0) is 51.4 Å². The van der Waals surface area contributed by atoms with Gasteiger partial charge >= 0.3 is 5.97 Å². The van der Waals surface area contributed by atoms with E-state index in [0.717, 1.165) is 44.9 Å². The Labute approximate surface area is 192 Å². The number of allylic oxidation sites excluding steroid dienone is 8. The smallest absolute Gasteiger partial charge is 0.303 e. The molecule has 0 aliphatic heterocycles. The van der Waals surface area contributed by atoms with Crippen LogP contribution >= 0.6 is 0 Å². The molecular weight excluding hydrogens is 386 g/mol. The molecule has 180 valence electrons. The molecule has 4 nitrogen and oxygen atoms in total. The van der Waals surface area contributed by atoms with Gasteiger partial charge in [0.1, 0.15) is 0 Å². The third kappa shape index (κ3) is 33.2. The van der Waals surface area contributed by atoms with Crippen LogP contribution in [0.4, 0.5) is 0 Å². The molecule has 0 aliphatic carbocycles. The third-order valence-corrected chi connectivity index (χ3v) is 4.63. The summed E-state index contributed by atoms with van der Waals surface area (Å²) in [6.07, 6.45) is 31.5. The van der Waals surface area contributed by atoms with Gasteiger partial charge in [-0.25, -0.2) is 0 Å². The maximum Gasteiger partial charge on any atom is 0.303 e. The summed E-state index contributed by atoms with van der Waals surface area (Å²) in [4.78, 5) is 10.3. The summed E-state index contributed by atoms with van der Waals surface area (Å²) in [6, 6.07) is 0. The minimum absolute atomic E-state index is 0.262. The summed E-state index contributed by atoms with van der Waals surface area (Å²) in [5.74, 6) is -0.712. The van der Waals surface area contributed by atoms with Crippen molar-refractivity contribution in [1.82, 2.24) is 0 Å². The number of aliphatic carboxylic acids is 1. The maximum absolute atomic E-state index is 10.3. The number of nitrogens with two attached hydrogens (primary N) is 1. The number of aliphatic hydroxyl groups is 1. The van der Waals surface area contributed by atoms with E-state index in [1.54, 1.807) is 0 Å². The van der Waals surface area contributed by atoms with E-state index >= 15 is 0 Å². The minimum atomic E-state index is -0.712. The Balaban J connectivity index is 0. The van der Waals surface area contributed by atoms with Crippen LogP contribution in [0.1, 0.15) is 104 Å². The Bertz CT molecular complexity index is 481.